The average molecular weight is 298 g/mol. The molecule has 21 heavy (non-hydrogen) atoms. The second kappa shape index (κ2) is 3.63. The second-order valence-electron chi connectivity index (χ2n) is 6.37. The van der Waals surface area contributed by atoms with Crippen molar-refractivity contribution in [3.63, 3.8) is 0 Å². The minimum Gasteiger partial charge on any atom is -0.387 e. The lowest BCUT2D eigenvalue weighted by Gasteiger charge is -2.26. The number of hydrogen-bond donors (Lipinski definition) is 3. The summed E-state index contributed by atoms with van der Waals surface area (Å²) >= 11 is 0. The summed E-state index contributed by atoms with van der Waals surface area (Å²) in [7, 11) is 0. The zero-order valence-corrected chi connectivity index (χ0v) is 11.2. The van der Waals surface area contributed by atoms with Gasteiger partial charge < -0.3 is 14.9 Å². The van der Waals surface area contributed by atoms with Crippen LogP contribution in [0.4, 0.5) is 4.39 Å². The fourth-order valence-electron chi connectivity index (χ4n) is 3.77. The number of aryl methyl sites for hydroxylation is 1. The molecule has 0 spiro atoms. The molecular formula is C13H15FN2O5. The summed E-state index contributed by atoms with van der Waals surface area (Å²) in [5.41, 5.74) is -4.11. The standard InChI is InChI=1S/C13H15FN2O5/c1-5-4-16(11(18)15-8(5)17)9-7(14)13(20)3-6-2-12(6,19)10(13)21-9/h4,6-7,9-10,19-20H,2-3H2,1H3,(H,15,17,18). The molecule has 2 heterocycles. The Hall–Kier alpha value is -1.51. The van der Waals surface area contributed by atoms with Crippen LogP contribution in [0, 0.1) is 12.8 Å². The number of alkyl halides is 1. The number of nitrogens with one attached hydrogen (secondary N) is 1. The number of halogens is 1. The summed E-state index contributed by atoms with van der Waals surface area (Å²) in [6, 6.07) is 0. The lowest BCUT2D eigenvalue weighted by atomic mass is 9.91. The molecule has 8 heteroatoms. The lowest BCUT2D eigenvalue weighted by Crippen LogP contribution is -2.47. The van der Waals surface area contributed by atoms with Crippen molar-refractivity contribution in [3.8, 4) is 0 Å². The van der Waals surface area contributed by atoms with Crippen molar-refractivity contribution < 1.29 is 19.3 Å². The summed E-state index contributed by atoms with van der Waals surface area (Å²) in [6.45, 7) is 1.48. The summed E-state index contributed by atoms with van der Waals surface area (Å²) in [5, 5.41) is 20.7. The van der Waals surface area contributed by atoms with E-state index in [2.05, 4.69) is 4.98 Å². The third-order valence-electron chi connectivity index (χ3n) is 5.03. The van der Waals surface area contributed by atoms with Gasteiger partial charge in [0.2, 0.25) is 0 Å². The van der Waals surface area contributed by atoms with Crippen molar-refractivity contribution in [2.24, 2.45) is 5.92 Å². The quantitative estimate of drug-likeness (QED) is 0.615. The van der Waals surface area contributed by atoms with Crippen molar-refractivity contribution in [1.82, 2.24) is 9.55 Å². The minimum atomic E-state index is -1.85. The van der Waals surface area contributed by atoms with Gasteiger partial charge in [0.15, 0.2) is 12.4 Å². The van der Waals surface area contributed by atoms with Gasteiger partial charge in [0.1, 0.15) is 11.7 Å². The fraction of sp³-hybridized carbons (Fsp3) is 0.692. The van der Waals surface area contributed by atoms with Crippen LogP contribution in [0.15, 0.2) is 15.8 Å². The summed E-state index contributed by atoms with van der Waals surface area (Å²) < 4.78 is 21.1. The first-order valence-corrected chi connectivity index (χ1v) is 6.84. The van der Waals surface area contributed by atoms with Gasteiger partial charge in [-0.3, -0.25) is 14.3 Å². The van der Waals surface area contributed by atoms with E-state index < -0.39 is 41.0 Å². The Bertz CT molecular complexity index is 745. The first-order valence-electron chi connectivity index (χ1n) is 6.84. The number of nitrogens with zero attached hydrogens (tertiary/aromatic N) is 1. The number of hydrogen-bond acceptors (Lipinski definition) is 5. The number of rotatable bonds is 1. The Labute approximate surface area is 118 Å². The van der Waals surface area contributed by atoms with Gasteiger partial charge in [0.25, 0.3) is 5.56 Å². The van der Waals surface area contributed by atoms with E-state index in [1.54, 1.807) is 0 Å². The molecule has 6 unspecified atom stereocenters. The van der Waals surface area contributed by atoms with E-state index in [4.69, 9.17) is 4.74 Å². The van der Waals surface area contributed by atoms with Gasteiger partial charge in [-0.15, -0.1) is 0 Å². The summed E-state index contributed by atoms with van der Waals surface area (Å²) in [4.78, 5) is 25.3. The van der Waals surface area contributed by atoms with Crippen LogP contribution in [0.2, 0.25) is 0 Å². The molecule has 3 N–H and O–H groups in total. The van der Waals surface area contributed by atoms with Crippen molar-refractivity contribution in [3.05, 3.63) is 32.6 Å². The van der Waals surface area contributed by atoms with E-state index in [-0.39, 0.29) is 17.9 Å². The van der Waals surface area contributed by atoms with Gasteiger partial charge in [-0.05, 0) is 25.7 Å². The third-order valence-corrected chi connectivity index (χ3v) is 5.03. The van der Waals surface area contributed by atoms with Crippen LogP contribution in [0.25, 0.3) is 0 Å². The highest BCUT2D eigenvalue weighted by Crippen LogP contribution is 2.65. The SMILES string of the molecule is Cc1cn(C2OC3C4(O)CC4CC3(O)C2F)c(=O)[nH]c1=O. The van der Waals surface area contributed by atoms with Crippen LogP contribution in [0.3, 0.4) is 0 Å². The predicted molar refractivity (Wildman–Crippen MR) is 67.5 cm³/mol. The number of fused-ring (bicyclic) bond motifs is 3. The Morgan fingerprint density at radius 2 is 2.05 bits per heavy atom. The first-order chi connectivity index (χ1) is 9.77. The van der Waals surface area contributed by atoms with Crippen molar-refractivity contribution in [2.75, 3.05) is 0 Å². The van der Waals surface area contributed by atoms with Crippen molar-refractivity contribution in [1.29, 1.82) is 0 Å². The Morgan fingerprint density at radius 1 is 1.38 bits per heavy atom. The number of aliphatic hydroxyl groups is 2. The van der Waals surface area contributed by atoms with E-state index in [1.807, 2.05) is 0 Å². The van der Waals surface area contributed by atoms with Crippen LogP contribution in [-0.2, 0) is 4.74 Å². The smallest absolute Gasteiger partial charge is 0.330 e. The van der Waals surface area contributed by atoms with Crippen LogP contribution in [0.5, 0.6) is 0 Å². The first kappa shape index (κ1) is 13.2. The van der Waals surface area contributed by atoms with Gasteiger partial charge in [0, 0.05) is 11.8 Å². The molecule has 2 saturated carbocycles. The highest BCUT2D eigenvalue weighted by Gasteiger charge is 2.78. The highest BCUT2D eigenvalue weighted by atomic mass is 19.1. The Balaban J connectivity index is 1.77. The molecule has 0 amide bonds. The molecular weight excluding hydrogens is 283 g/mol. The molecule has 4 rings (SSSR count). The van der Waals surface area contributed by atoms with Crippen LogP contribution >= 0.6 is 0 Å². The Morgan fingerprint density at radius 3 is 2.71 bits per heavy atom. The van der Waals surface area contributed by atoms with Gasteiger partial charge in [-0.1, -0.05) is 0 Å². The maximum absolute atomic E-state index is 14.7. The minimum absolute atomic E-state index is 0.114. The molecule has 0 radical (unpaired) electrons. The largest absolute Gasteiger partial charge is 0.387 e. The van der Waals surface area contributed by atoms with E-state index >= 15 is 0 Å². The van der Waals surface area contributed by atoms with E-state index in [0.717, 1.165) is 4.57 Å². The number of H-pyrrole nitrogens is 1. The van der Waals surface area contributed by atoms with Gasteiger partial charge in [-0.25, -0.2) is 9.18 Å². The number of aromatic nitrogens is 2. The average Bonchev–Trinajstić information content (AvgIpc) is 2.88. The van der Waals surface area contributed by atoms with E-state index in [9.17, 15) is 24.2 Å². The third kappa shape index (κ3) is 1.47. The molecule has 114 valence electrons. The maximum atomic E-state index is 14.7. The van der Waals surface area contributed by atoms with Gasteiger partial charge >= 0.3 is 5.69 Å². The molecule has 6 atom stereocenters. The fourth-order valence-corrected chi connectivity index (χ4v) is 3.77. The van der Waals surface area contributed by atoms with Gasteiger partial charge in [0.05, 0.1) is 5.60 Å². The van der Waals surface area contributed by atoms with Crippen molar-refractivity contribution >= 4 is 0 Å². The Kier molecular flexibility index (Phi) is 2.28. The predicted octanol–water partition coefficient (Wildman–Crippen LogP) is -1.03. The normalized spacial score (nSPS) is 47.2. The molecule has 1 aliphatic heterocycles. The van der Waals surface area contributed by atoms with E-state index in [1.165, 1.54) is 13.1 Å². The molecule has 1 aromatic rings. The molecule has 3 aliphatic rings. The summed E-state index contributed by atoms with van der Waals surface area (Å²) in [5.74, 6) is -0.152. The topological polar surface area (TPSA) is 105 Å². The molecule has 1 aromatic heterocycles. The highest BCUT2D eigenvalue weighted by molar-refractivity contribution is 5.27. The maximum Gasteiger partial charge on any atom is 0.330 e. The molecule has 3 fully saturated rings. The summed E-state index contributed by atoms with van der Waals surface area (Å²) in [6.07, 6.45) is -2.45. The molecule has 2 aliphatic carbocycles. The molecule has 0 bridgehead atoms. The van der Waals surface area contributed by atoms with Crippen molar-refractivity contribution in [2.45, 2.75) is 49.5 Å². The van der Waals surface area contributed by atoms with E-state index in [0.29, 0.717) is 6.42 Å². The molecule has 1 saturated heterocycles. The zero-order chi connectivity index (χ0) is 15.2. The number of ether oxygens (including phenoxy) is 1. The van der Waals surface area contributed by atoms with Crippen LogP contribution < -0.4 is 11.2 Å². The molecule has 0 aromatic carbocycles. The number of aromatic amines is 1. The van der Waals surface area contributed by atoms with Crippen LogP contribution in [-0.4, -0.2) is 43.2 Å². The second-order valence-corrected chi connectivity index (χ2v) is 6.37. The monoisotopic (exact) mass is 298 g/mol. The zero-order valence-electron chi connectivity index (χ0n) is 11.2. The van der Waals surface area contributed by atoms with Gasteiger partial charge in [-0.2, -0.15) is 0 Å². The lowest BCUT2D eigenvalue weighted by molar-refractivity contribution is -0.108. The molecule has 7 nitrogen and oxygen atoms in total. The van der Waals surface area contributed by atoms with Crippen LogP contribution in [0.1, 0.15) is 24.6 Å².